The molecule has 0 bridgehead atoms. The summed E-state index contributed by atoms with van der Waals surface area (Å²) in [6.07, 6.45) is 0. The average Bonchev–Trinajstić information content (AvgIpc) is 2.07. The van der Waals surface area contributed by atoms with E-state index in [1.807, 2.05) is 0 Å². The molecule has 0 fully saturated rings. The second-order valence-corrected chi connectivity index (χ2v) is 3.90. The second kappa shape index (κ2) is 3.50. The maximum absolute atomic E-state index is 9.80. The van der Waals surface area contributed by atoms with Crippen LogP contribution in [-0.4, -0.2) is 17.3 Å². The molecule has 2 N–H and O–H groups in total. The van der Waals surface area contributed by atoms with E-state index in [2.05, 4.69) is 0 Å². The molecule has 1 aromatic rings. The molecule has 78 valence electrons. The Hall–Kier alpha value is -1.22. The minimum Gasteiger partial charge on any atom is -0.507 e. The summed E-state index contributed by atoms with van der Waals surface area (Å²) in [7, 11) is 1.56. The Morgan fingerprint density at radius 1 is 1.29 bits per heavy atom. The predicted octanol–water partition coefficient (Wildman–Crippen LogP) is 1.94. The lowest BCUT2D eigenvalue weighted by molar-refractivity contribution is 0.0754. The van der Waals surface area contributed by atoms with Crippen molar-refractivity contribution < 1.29 is 14.9 Å². The summed E-state index contributed by atoms with van der Waals surface area (Å²) in [4.78, 5) is 0. The summed E-state index contributed by atoms with van der Waals surface area (Å²) in [6.45, 7) is 5.02. The van der Waals surface area contributed by atoms with Gasteiger partial charge in [0.1, 0.15) is 11.5 Å². The van der Waals surface area contributed by atoms with Gasteiger partial charge in [0.05, 0.1) is 12.7 Å². The standard InChI is InChI=1S/C11H16O3/c1-7-5-8(14-4)6-9(10(7)12)11(2,3)13/h5-6,12-13H,1-4H3. The summed E-state index contributed by atoms with van der Waals surface area (Å²) in [5.74, 6) is 0.760. The van der Waals surface area contributed by atoms with Crippen LogP contribution in [0.3, 0.4) is 0 Å². The molecule has 0 saturated heterocycles. The number of phenols is 1. The molecule has 0 unspecified atom stereocenters. The Morgan fingerprint density at radius 2 is 1.86 bits per heavy atom. The molecular weight excluding hydrogens is 180 g/mol. The molecule has 0 aromatic heterocycles. The van der Waals surface area contributed by atoms with Gasteiger partial charge in [-0.15, -0.1) is 0 Å². The molecule has 0 spiro atoms. The van der Waals surface area contributed by atoms with Crippen LogP contribution in [0.1, 0.15) is 25.0 Å². The van der Waals surface area contributed by atoms with Crippen molar-refractivity contribution in [2.45, 2.75) is 26.4 Å². The summed E-state index contributed by atoms with van der Waals surface area (Å²) >= 11 is 0. The van der Waals surface area contributed by atoms with Crippen molar-refractivity contribution in [3.63, 3.8) is 0 Å². The number of aromatic hydroxyl groups is 1. The van der Waals surface area contributed by atoms with Crippen molar-refractivity contribution in [1.82, 2.24) is 0 Å². The van der Waals surface area contributed by atoms with Crippen LogP contribution in [0.25, 0.3) is 0 Å². The molecular formula is C11H16O3. The average molecular weight is 196 g/mol. The van der Waals surface area contributed by atoms with Crippen molar-refractivity contribution in [3.05, 3.63) is 23.3 Å². The van der Waals surface area contributed by atoms with Gasteiger partial charge in [0.15, 0.2) is 0 Å². The lowest BCUT2D eigenvalue weighted by Gasteiger charge is -2.21. The lowest BCUT2D eigenvalue weighted by Crippen LogP contribution is -2.16. The molecule has 0 atom stereocenters. The second-order valence-electron chi connectivity index (χ2n) is 3.90. The van der Waals surface area contributed by atoms with Crippen LogP contribution in [0.5, 0.6) is 11.5 Å². The highest BCUT2D eigenvalue weighted by molar-refractivity contribution is 5.47. The van der Waals surface area contributed by atoms with E-state index in [1.54, 1.807) is 40.0 Å². The number of methoxy groups -OCH3 is 1. The third kappa shape index (κ3) is 1.99. The van der Waals surface area contributed by atoms with E-state index >= 15 is 0 Å². The van der Waals surface area contributed by atoms with Crippen molar-refractivity contribution >= 4 is 0 Å². The molecule has 3 nitrogen and oxygen atoms in total. The van der Waals surface area contributed by atoms with Crippen molar-refractivity contribution in [2.75, 3.05) is 7.11 Å². The third-order valence-corrected chi connectivity index (χ3v) is 2.17. The maximum Gasteiger partial charge on any atom is 0.124 e. The highest BCUT2D eigenvalue weighted by atomic mass is 16.5. The quantitative estimate of drug-likeness (QED) is 0.760. The van der Waals surface area contributed by atoms with E-state index in [0.717, 1.165) is 0 Å². The first-order valence-corrected chi connectivity index (χ1v) is 4.46. The Bertz CT molecular complexity index is 337. The number of phenolic OH excluding ortho intramolecular Hbond substituents is 1. The number of rotatable bonds is 2. The number of hydrogen-bond donors (Lipinski definition) is 2. The van der Waals surface area contributed by atoms with Crippen LogP contribution >= 0.6 is 0 Å². The zero-order chi connectivity index (χ0) is 10.9. The number of ether oxygens (including phenoxy) is 1. The van der Waals surface area contributed by atoms with Crippen molar-refractivity contribution in [1.29, 1.82) is 0 Å². The zero-order valence-corrected chi connectivity index (χ0v) is 8.96. The maximum atomic E-state index is 9.80. The molecule has 0 amide bonds. The van der Waals surface area contributed by atoms with Crippen LogP contribution in [0.2, 0.25) is 0 Å². The molecule has 14 heavy (non-hydrogen) atoms. The van der Waals surface area contributed by atoms with E-state index in [0.29, 0.717) is 16.9 Å². The van der Waals surface area contributed by atoms with Crippen molar-refractivity contribution in [2.24, 2.45) is 0 Å². The van der Waals surface area contributed by atoms with Gasteiger partial charge >= 0.3 is 0 Å². The first-order chi connectivity index (χ1) is 6.36. The molecule has 0 aliphatic heterocycles. The highest BCUT2D eigenvalue weighted by Crippen LogP contribution is 2.34. The number of aliphatic hydroxyl groups is 1. The van der Waals surface area contributed by atoms with E-state index in [1.165, 1.54) is 0 Å². The fraction of sp³-hybridized carbons (Fsp3) is 0.455. The molecule has 1 aromatic carbocycles. The van der Waals surface area contributed by atoms with Crippen LogP contribution < -0.4 is 4.74 Å². The van der Waals surface area contributed by atoms with Crippen LogP contribution in [0.15, 0.2) is 12.1 Å². The highest BCUT2D eigenvalue weighted by Gasteiger charge is 2.22. The Morgan fingerprint density at radius 3 is 2.29 bits per heavy atom. The zero-order valence-electron chi connectivity index (χ0n) is 8.96. The lowest BCUT2D eigenvalue weighted by atomic mass is 9.95. The van der Waals surface area contributed by atoms with Gasteiger partial charge in [-0.2, -0.15) is 0 Å². The van der Waals surface area contributed by atoms with Gasteiger partial charge in [-0.05, 0) is 38.5 Å². The van der Waals surface area contributed by atoms with Gasteiger partial charge in [0.25, 0.3) is 0 Å². The minimum absolute atomic E-state index is 0.123. The van der Waals surface area contributed by atoms with E-state index in [9.17, 15) is 10.2 Å². The number of aryl methyl sites for hydroxylation is 1. The van der Waals surface area contributed by atoms with Crippen molar-refractivity contribution in [3.8, 4) is 11.5 Å². The molecule has 0 radical (unpaired) electrons. The summed E-state index contributed by atoms with van der Waals surface area (Å²) < 4.78 is 5.06. The Kier molecular flexibility index (Phi) is 2.71. The van der Waals surface area contributed by atoms with Gasteiger partial charge in [-0.3, -0.25) is 0 Å². The topological polar surface area (TPSA) is 49.7 Å². The third-order valence-electron chi connectivity index (χ3n) is 2.17. The van der Waals surface area contributed by atoms with Crippen LogP contribution in [0.4, 0.5) is 0 Å². The minimum atomic E-state index is -1.07. The van der Waals surface area contributed by atoms with Gasteiger partial charge in [0.2, 0.25) is 0 Å². The van der Waals surface area contributed by atoms with E-state index in [-0.39, 0.29) is 5.75 Å². The van der Waals surface area contributed by atoms with Crippen LogP contribution in [0, 0.1) is 6.92 Å². The Balaban J connectivity index is 3.35. The normalized spacial score (nSPS) is 11.5. The molecule has 0 heterocycles. The fourth-order valence-electron chi connectivity index (χ4n) is 1.33. The van der Waals surface area contributed by atoms with Gasteiger partial charge in [0, 0.05) is 5.56 Å². The number of hydrogen-bond acceptors (Lipinski definition) is 3. The first-order valence-electron chi connectivity index (χ1n) is 4.46. The van der Waals surface area contributed by atoms with E-state index < -0.39 is 5.60 Å². The van der Waals surface area contributed by atoms with E-state index in [4.69, 9.17) is 4.74 Å². The number of benzene rings is 1. The van der Waals surface area contributed by atoms with Crippen LogP contribution in [-0.2, 0) is 5.60 Å². The molecule has 0 aliphatic rings. The molecule has 3 heteroatoms. The SMILES string of the molecule is COc1cc(C)c(O)c(C(C)(C)O)c1. The molecule has 0 aliphatic carbocycles. The summed E-state index contributed by atoms with van der Waals surface area (Å²) in [6, 6.07) is 3.37. The van der Waals surface area contributed by atoms with Gasteiger partial charge in [-0.25, -0.2) is 0 Å². The monoisotopic (exact) mass is 196 g/mol. The van der Waals surface area contributed by atoms with Gasteiger partial charge in [-0.1, -0.05) is 0 Å². The first kappa shape index (κ1) is 10.9. The Labute approximate surface area is 84.0 Å². The molecule has 0 saturated carbocycles. The summed E-state index contributed by atoms with van der Waals surface area (Å²) in [5, 5.41) is 19.5. The molecule has 1 rings (SSSR count). The summed E-state index contributed by atoms with van der Waals surface area (Å²) in [5.41, 5.74) is 0.111. The largest absolute Gasteiger partial charge is 0.507 e. The fourth-order valence-corrected chi connectivity index (χ4v) is 1.33. The predicted molar refractivity (Wildman–Crippen MR) is 54.6 cm³/mol. The van der Waals surface area contributed by atoms with Gasteiger partial charge < -0.3 is 14.9 Å². The smallest absolute Gasteiger partial charge is 0.124 e.